The zero-order valence-electron chi connectivity index (χ0n) is 13.4. The Hall–Kier alpha value is -1.82. The number of allylic oxidation sites excluding steroid dienone is 2. The van der Waals surface area contributed by atoms with Crippen LogP contribution in [-0.2, 0) is 11.8 Å². The maximum Gasteiger partial charge on any atom is 0.0205 e. The fraction of sp³-hybridized carbons (Fsp3) is 0.364. The first-order valence-electron chi connectivity index (χ1n) is 8.66. The van der Waals surface area contributed by atoms with Gasteiger partial charge in [-0.15, -0.1) is 0 Å². The van der Waals surface area contributed by atoms with Crippen molar-refractivity contribution in [3.63, 3.8) is 0 Å². The van der Waals surface area contributed by atoms with Gasteiger partial charge >= 0.3 is 0 Å². The molecule has 0 radical (unpaired) electrons. The zero-order valence-corrected chi connectivity index (χ0v) is 13.4. The second kappa shape index (κ2) is 5.43. The topological polar surface area (TPSA) is 0 Å². The standard InChI is InChI=1S/C22H24/c1-17-9-12-19(13-10-17)22(15-5-2-6-16-22)21-14-11-18-7-3-4-8-20(18)21/h3-4,7-10,12-14H,2,5-6,11,15-16H2,1H3. The molecule has 0 heteroatoms. The van der Waals surface area contributed by atoms with E-state index >= 15 is 0 Å². The van der Waals surface area contributed by atoms with Gasteiger partial charge in [0.05, 0.1) is 0 Å². The summed E-state index contributed by atoms with van der Waals surface area (Å²) in [6.07, 6.45) is 10.3. The van der Waals surface area contributed by atoms with E-state index in [0.29, 0.717) is 0 Å². The molecule has 2 aliphatic carbocycles. The summed E-state index contributed by atoms with van der Waals surface area (Å²) in [5, 5.41) is 0. The van der Waals surface area contributed by atoms with E-state index in [2.05, 4.69) is 61.5 Å². The molecule has 0 atom stereocenters. The summed E-state index contributed by atoms with van der Waals surface area (Å²) in [6.45, 7) is 2.18. The van der Waals surface area contributed by atoms with Gasteiger partial charge in [0.1, 0.15) is 0 Å². The third-order valence-electron chi connectivity index (χ3n) is 5.66. The molecule has 2 aliphatic rings. The Kier molecular flexibility index (Phi) is 3.41. The quantitative estimate of drug-likeness (QED) is 0.651. The summed E-state index contributed by atoms with van der Waals surface area (Å²) < 4.78 is 0. The average molecular weight is 288 g/mol. The van der Waals surface area contributed by atoms with Gasteiger partial charge in [-0.3, -0.25) is 0 Å². The number of hydrogen-bond donors (Lipinski definition) is 0. The van der Waals surface area contributed by atoms with Crippen molar-refractivity contribution >= 4 is 5.57 Å². The van der Waals surface area contributed by atoms with Crippen molar-refractivity contribution in [3.8, 4) is 0 Å². The van der Waals surface area contributed by atoms with E-state index in [1.54, 1.807) is 5.57 Å². The lowest BCUT2D eigenvalue weighted by molar-refractivity contribution is 0.369. The number of rotatable bonds is 2. The molecule has 0 N–H and O–H groups in total. The highest BCUT2D eigenvalue weighted by Gasteiger charge is 2.39. The second-order valence-corrected chi connectivity index (χ2v) is 6.99. The number of hydrogen-bond acceptors (Lipinski definition) is 0. The van der Waals surface area contributed by atoms with Gasteiger partial charge in [0.2, 0.25) is 0 Å². The van der Waals surface area contributed by atoms with Crippen LogP contribution in [0.3, 0.4) is 0 Å². The highest BCUT2D eigenvalue weighted by Crippen LogP contribution is 2.51. The van der Waals surface area contributed by atoms with E-state index in [0.717, 1.165) is 6.42 Å². The van der Waals surface area contributed by atoms with Gasteiger partial charge in [-0.05, 0) is 48.4 Å². The molecule has 22 heavy (non-hydrogen) atoms. The van der Waals surface area contributed by atoms with Crippen LogP contribution in [0.4, 0.5) is 0 Å². The van der Waals surface area contributed by atoms with E-state index in [1.807, 2.05) is 0 Å². The lowest BCUT2D eigenvalue weighted by Gasteiger charge is -2.40. The van der Waals surface area contributed by atoms with Crippen molar-refractivity contribution in [1.29, 1.82) is 0 Å². The summed E-state index contributed by atoms with van der Waals surface area (Å²) >= 11 is 0. The Balaban J connectivity index is 1.84. The van der Waals surface area contributed by atoms with Crippen molar-refractivity contribution in [3.05, 3.63) is 76.9 Å². The molecular weight excluding hydrogens is 264 g/mol. The normalized spacial score (nSPS) is 19.6. The molecule has 0 spiro atoms. The van der Waals surface area contributed by atoms with Gasteiger partial charge < -0.3 is 0 Å². The lowest BCUT2D eigenvalue weighted by Crippen LogP contribution is -2.30. The van der Waals surface area contributed by atoms with E-state index in [9.17, 15) is 0 Å². The van der Waals surface area contributed by atoms with Crippen LogP contribution in [0.15, 0.2) is 54.6 Å². The van der Waals surface area contributed by atoms with Crippen molar-refractivity contribution in [1.82, 2.24) is 0 Å². The minimum Gasteiger partial charge on any atom is -0.0754 e. The van der Waals surface area contributed by atoms with Gasteiger partial charge in [-0.1, -0.05) is 79.4 Å². The fourth-order valence-corrected chi connectivity index (χ4v) is 4.48. The zero-order chi connectivity index (χ0) is 15.0. The molecule has 0 heterocycles. The van der Waals surface area contributed by atoms with Crippen molar-refractivity contribution in [2.45, 2.75) is 50.9 Å². The lowest BCUT2D eigenvalue weighted by atomic mass is 9.64. The third kappa shape index (κ3) is 2.13. The smallest absolute Gasteiger partial charge is 0.0205 e. The van der Waals surface area contributed by atoms with Crippen molar-refractivity contribution in [2.75, 3.05) is 0 Å². The first-order chi connectivity index (χ1) is 10.8. The van der Waals surface area contributed by atoms with Crippen LogP contribution in [0, 0.1) is 6.92 Å². The molecular formula is C22H24. The van der Waals surface area contributed by atoms with Gasteiger partial charge in [0.25, 0.3) is 0 Å². The van der Waals surface area contributed by atoms with Crippen LogP contribution in [-0.4, -0.2) is 0 Å². The van der Waals surface area contributed by atoms with Gasteiger partial charge in [0.15, 0.2) is 0 Å². The molecule has 1 fully saturated rings. The Morgan fingerprint density at radius 2 is 1.55 bits per heavy atom. The molecule has 2 aromatic rings. The first kappa shape index (κ1) is 13.8. The molecule has 1 saturated carbocycles. The predicted octanol–water partition coefficient (Wildman–Crippen LogP) is 5.84. The van der Waals surface area contributed by atoms with Crippen LogP contribution in [0.2, 0.25) is 0 Å². The molecule has 0 aliphatic heterocycles. The first-order valence-corrected chi connectivity index (χ1v) is 8.66. The monoisotopic (exact) mass is 288 g/mol. The number of benzene rings is 2. The minimum absolute atomic E-state index is 0.249. The van der Waals surface area contributed by atoms with E-state index < -0.39 is 0 Å². The summed E-state index contributed by atoms with van der Waals surface area (Å²) in [7, 11) is 0. The van der Waals surface area contributed by atoms with Crippen LogP contribution in [0.1, 0.15) is 54.4 Å². The molecule has 112 valence electrons. The molecule has 0 unspecified atom stereocenters. The molecule has 0 nitrogen and oxygen atoms in total. The van der Waals surface area contributed by atoms with E-state index in [-0.39, 0.29) is 5.41 Å². The molecule has 0 saturated heterocycles. The largest absolute Gasteiger partial charge is 0.0754 e. The van der Waals surface area contributed by atoms with Crippen LogP contribution < -0.4 is 0 Å². The third-order valence-corrected chi connectivity index (χ3v) is 5.66. The van der Waals surface area contributed by atoms with Crippen molar-refractivity contribution in [2.24, 2.45) is 0 Å². The molecule has 0 bridgehead atoms. The maximum absolute atomic E-state index is 2.51. The predicted molar refractivity (Wildman–Crippen MR) is 94.1 cm³/mol. The summed E-state index contributed by atoms with van der Waals surface area (Å²) in [5.41, 5.74) is 7.75. The molecule has 4 rings (SSSR count). The Bertz CT molecular complexity index is 697. The SMILES string of the molecule is Cc1ccc(C2(C3=CCc4ccccc43)CCCCC2)cc1. The Morgan fingerprint density at radius 1 is 0.818 bits per heavy atom. The summed E-state index contributed by atoms with van der Waals surface area (Å²) in [5.74, 6) is 0. The Morgan fingerprint density at radius 3 is 2.32 bits per heavy atom. The highest BCUT2D eigenvalue weighted by atomic mass is 14.4. The molecule has 2 aromatic carbocycles. The minimum atomic E-state index is 0.249. The fourth-order valence-electron chi connectivity index (χ4n) is 4.48. The van der Waals surface area contributed by atoms with Gasteiger partial charge in [-0.25, -0.2) is 0 Å². The van der Waals surface area contributed by atoms with Crippen LogP contribution in [0.25, 0.3) is 5.57 Å². The second-order valence-electron chi connectivity index (χ2n) is 6.99. The molecule has 0 amide bonds. The van der Waals surface area contributed by atoms with E-state index in [4.69, 9.17) is 0 Å². The average Bonchev–Trinajstić information content (AvgIpc) is 3.01. The molecule has 0 aromatic heterocycles. The van der Waals surface area contributed by atoms with Crippen LogP contribution in [0.5, 0.6) is 0 Å². The maximum atomic E-state index is 2.51. The Labute approximate surface area is 133 Å². The van der Waals surface area contributed by atoms with E-state index in [1.165, 1.54) is 54.4 Å². The van der Waals surface area contributed by atoms with Crippen LogP contribution >= 0.6 is 0 Å². The highest BCUT2D eigenvalue weighted by molar-refractivity contribution is 5.81. The van der Waals surface area contributed by atoms with Gasteiger partial charge in [-0.2, -0.15) is 0 Å². The van der Waals surface area contributed by atoms with Crippen molar-refractivity contribution < 1.29 is 0 Å². The van der Waals surface area contributed by atoms with Gasteiger partial charge in [0, 0.05) is 5.41 Å². The summed E-state index contributed by atoms with van der Waals surface area (Å²) in [6, 6.07) is 18.3. The summed E-state index contributed by atoms with van der Waals surface area (Å²) in [4.78, 5) is 0. The number of fused-ring (bicyclic) bond motifs is 1. The number of aryl methyl sites for hydroxylation is 1.